The third-order valence-electron chi connectivity index (χ3n) is 2.06. The number of carbonyl (C=O) groups excluding carboxylic acids is 1. The second kappa shape index (κ2) is 5.13. The molecule has 0 spiro atoms. The van der Waals surface area contributed by atoms with Crippen molar-refractivity contribution in [3.05, 3.63) is 33.7 Å². The predicted molar refractivity (Wildman–Crippen MR) is 63.8 cm³/mol. The number of H-pyrrole nitrogens is 1. The molecule has 0 fully saturated rings. The van der Waals surface area contributed by atoms with Gasteiger partial charge in [-0.15, -0.1) is 0 Å². The maximum absolute atomic E-state index is 11.5. The summed E-state index contributed by atoms with van der Waals surface area (Å²) in [6.07, 6.45) is 1.08. The molecule has 0 atom stereocenters. The summed E-state index contributed by atoms with van der Waals surface area (Å²) in [6.45, 7) is 1.69. The molecule has 0 saturated carbocycles. The zero-order valence-electron chi connectivity index (χ0n) is 9.61. The summed E-state index contributed by atoms with van der Waals surface area (Å²) >= 11 is 0. The minimum atomic E-state index is -3.12. The summed E-state index contributed by atoms with van der Waals surface area (Å²) in [5.74, 6) is -0.724. The molecule has 17 heavy (non-hydrogen) atoms. The van der Waals surface area contributed by atoms with Crippen molar-refractivity contribution >= 4 is 15.7 Å². The number of pyridine rings is 1. The third-order valence-corrected chi connectivity index (χ3v) is 3.00. The molecule has 1 rings (SSSR count). The van der Waals surface area contributed by atoms with Gasteiger partial charge in [0.15, 0.2) is 0 Å². The standard InChI is InChI=1S/C10H14N2O4S/c1-7-3-4-8(10(14)12-7)9(13)11-5-6-17(2,15)16/h3-4H,5-6H2,1-2H3,(H,11,13)(H,12,14). The van der Waals surface area contributed by atoms with Crippen molar-refractivity contribution in [2.45, 2.75) is 6.92 Å². The lowest BCUT2D eigenvalue weighted by atomic mass is 10.2. The van der Waals surface area contributed by atoms with Gasteiger partial charge in [-0.25, -0.2) is 8.42 Å². The number of amides is 1. The van der Waals surface area contributed by atoms with Crippen LogP contribution in [0.3, 0.4) is 0 Å². The molecular formula is C10H14N2O4S. The molecule has 2 N–H and O–H groups in total. The van der Waals surface area contributed by atoms with Gasteiger partial charge < -0.3 is 10.3 Å². The van der Waals surface area contributed by atoms with Crippen molar-refractivity contribution in [2.75, 3.05) is 18.6 Å². The highest BCUT2D eigenvalue weighted by molar-refractivity contribution is 7.90. The quantitative estimate of drug-likeness (QED) is 0.758. The van der Waals surface area contributed by atoms with Crippen molar-refractivity contribution in [1.82, 2.24) is 10.3 Å². The molecule has 0 aliphatic carbocycles. The van der Waals surface area contributed by atoms with Crippen molar-refractivity contribution in [3.8, 4) is 0 Å². The number of aryl methyl sites for hydroxylation is 1. The van der Waals surface area contributed by atoms with Crippen LogP contribution in [0.5, 0.6) is 0 Å². The van der Waals surface area contributed by atoms with E-state index in [1.54, 1.807) is 13.0 Å². The zero-order valence-corrected chi connectivity index (χ0v) is 10.4. The second-order valence-corrected chi connectivity index (χ2v) is 6.03. The van der Waals surface area contributed by atoms with Gasteiger partial charge in [-0.05, 0) is 19.1 Å². The van der Waals surface area contributed by atoms with Crippen molar-refractivity contribution < 1.29 is 13.2 Å². The second-order valence-electron chi connectivity index (χ2n) is 3.77. The lowest BCUT2D eigenvalue weighted by Crippen LogP contribution is -2.32. The first-order chi connectivity index (χ1) is 7.79. The van der Waals surface area contributed by atoms with Gasteiger partial charge in [0.05, 0.1) is 5.75 Å². The molecule has 1 heterocycles. The van der Waals surface area contributed by atoms with E-state index in [2.05, 4.69) is 10.3 Å². The van der Waals surface area contributed by atoms with Crippen LogP contribution in [0.2, 0.25) is 0 Å². The minimum Gasteiger partial charge on any atom is -0.351 e. The van der Waals surface area contributed by atoms with Crippen LogP contribution >= 0.6 is 0 Å². The first-order valence-corrected chi connectivity index (χ1v) is 7.01. The number of carbonyl (C=O) groups is 1. The smallest absolute Gasteiger partial charge is 0.260 e. The van der Waals surface area contributed by atoms with E-state index in [0.717, 1.165) is 6.26 Å². The van der Waals surface area contributed by atoms with E-state index in [1.807, 2.05) is 0 Å². The van der Waals surface area contributed by atoms with Crippen molar-refractivity contribution in [3.63, 3.8) is 0 Å². The van der Waals surface area contributed by atoms with E-state index < -0.39 is 21.3 Å². The molecule has 1 aromatic rings. The first-order valence-electron chi connectivity index (χ1n) is 4.95. The summed E-state index contributed by atoms with van der Waals surface area (Å²) in [4.78, 5) is 25.4. The molecule has 0 radical (unpaired) electrons. The molecule has 0 aliphatic rings. The van der Waals surface area contributed by atoms with Crippen LogP contribution in [0.25, 0.3) is 0 Å². The maximum atomic E-state index is 11.5. The van der Waals surface area contributed by atoms with Crippen LogP contribution in [-0.4, -0.2) is 37.9 Å². The molecule has 0 aromatic carbocycles. The van der Waals surface area contributed by atoms with Gasteiger partial charge in [0.25, 0.3) is 11.5 Å². The molecule has 7 heteroatoms. The number of hydrogen-bond acceptors (Lipinski definition) is 4. The van der Waals surface area contributed by atoms with Crippen LogP contribution in [-0.2, 0) is 9.84 Å². The van der Waals surface area contributed by atoms with E-state index in [-0.39, 0.29) is 17.9 Å². The fourth-order valence-electron chi connectivity index (χ4n) is 1.20. The van der Waals surface area contributed by atoms with E-state index in [4.69, 9.17) is 0 Å². The highest BCUT2D eigenvalue weighted by Gasteiger charge is 2.10. The molecule has 0 bridgehead atoms. The Kier molecular flexibility index (Phi) is 4.06. The van der Waals surface area contributed by atoms with Gasteiger partial charge in [-0.1, -0.05) is 0 Å². The Hall–Kier alpha value is -1.63. The lowest BCUT2D eigenvalue weighted by molar-refractivity contribution is 0.0954. The third kappa shape index (κ3) is 4.39. The molecule has 0 unspecified atom stereocenters. The Morgan fingerprint density at radius 2 is 2.06 bits per heavy atom. The predicted octanol–water partition coefficient (Wildman–Crippen LogP) is -0.542. The fraction of sp³-hybridized carbons (Fsp3) is 0.400. The average molecular weight is 258 g/mol. The number of hydrogen-bond donors (Lipinski definition) is 2. The number of aromatic nitrogens is 1. The summed E-state index contributed by atoms with van der Waals surface area (Å²) in [5, 5.41) is 2.38. The van der Waals surface area contributed by atoms with Gasteiger partial charge in [-0.3, -0.25) is 9.59 Å². The van der Waals surface area contributed by atoms with Crippen molar-refractivity contribution in [2.24, 2.45) is 0 Å². The normalized spacial score (nSPS) is 11.2. The first kappa shape index (κ1) is 13.4. The highest BCUT2D eigenvalue weighted by Crippen LogP contribution is 1.93. The summed E-state index contributed by atoms with van der Waals surface area (Å²) in [5.41, 5.74) is 0.147. The monoisotopic (exact) mass is 258 g/mol. The van der Waals surface area contributed by atoms with Crippen LogP contribution in [0.15, 0.2) is 16.9 Å². The Morgan fingerprint density at radius 3 is 2.59 bits per heavy atom. The lowest BCUT2D eigenvalue weighted by Gasteiger charge is -2.03. The van der Waals surface area contributed by atoms with E-state index in [1.165, 1.54) is 6.07 Å². The molecule has 1 amide bonds. The topological polar surface area (TPSA) is 96.1 Å². The number of sulfone groups is 1. The van der Waals surface area contributed by atoms with Crippen LogP contribution in [0.1, 0.15) is 16.1 Å². The number of rotatable bonds is 4. The molecule has 6 nitrogen and oxygen atoms in total. The molecule has 1 aromatic heterocycles. The van der Waals surface area contributed by atoms with E-state index in [0.29, 0.717) is 5.69 Å². The molecule has 0 aliphatic heterocycles. The average Bonchev–Trinajstić information content (AvgIpc) is 2.15. The SMILES string of the molecule is Cc1ccc(C(=O)NCCS(C)(=O)=O)c(=O)[nH]1. The van der Waals surface area contributed by atoms with Gasteiger partial charge >= 0.3 is 0 Å². The number of nitrogens with one attached hydrogen (secondary N) is 2. The fourth-order valence-corrected chi connectivity index (χ4v) is 1.67. The maximum Gasteiger partial charge on any atom is 0.260 e. The largest absolute Gasteiger partial charge is 0.351 e. The van der Waals surface area contributed by atoms with Crippen LogP contribution in [0, 0.1) is 6.92 Å². The van der Waals surface area contributed by atoms with Crippen LogP contribution < -0.4 is 10.9 Å². The summed E-state index contributed by atoms with van der Waals surface area (Å²) in [6, 6.07) is 3.01. The van der Waals surface area contributed by atoms with E-state index >= 15 is 0 Å². The minimum absolute atomic E-state index is 0.00895. The van der Waals surface area contributed by atoms with Gasteiger partial charge in [0, 0.05) is 18.5 Å². The van der Waals surface area contributed by atoms with Gasteiger partial charge in [0.1, 0.15) is 15.4 Å². The molecule has 0 saturated heterocycles. The Labute approximate surface area is 99.0 Å². The number of aromatic amines is 1. The summed E-state index contributed by atoms with van der Waals surface area (Å²) < 4.78 is 21.7. The Balaban J connectivity index is 2.68. The Morgan fingerprint density at radius 1 is 1.41 bits per heavy atom. The van der Waals surface area contributed by atoms with Gasteiger partial charge in [-0.2, -0.15) is 0 Å². The summed E-state index contributed by atoms with van der Waals surface area (Å²) in [7, 11) is -3.12. The van der Waals surface area contributed by atoms with Crippen LogP contribution in [0.4, 0.5) is 0 Å². The van der Waals surface area contributed by atoms with E-state index in [9.17, 15) is 18.0 Å². The zero-order chi connectivity index (χ0) is 13.1. The van der Waals surface area contributed by atoms with Gasteiger partial charge in [0.2, 0.25) is 0 Å². The highest BCUT2D eigenvalue weighted by atomic mass is 32.2. The molecular weight excluding hydrogens is 244 g/mol. The Bertz CT molecular complexity index is 574. The molecule has 94 valence electrons. The van der Waals surface area contributed by atoms with Crippen molar-refractivity contribution in [1.29, 1.82) is 0 Å².